The normalized spacial score (nSPS) is 12.5. The number of halogens is 1. The van der Waals surface area contributed by atoms with Crippen LogP contribution in [0, 0.1) is 6.92 Å². The van der Waals surface area contributed by atoms with Crippen LogP contribution in [0.3, 0.4) is 0 Å². The van der Waals surface area contributed by atoms with Crippen molar-refractivity contribution in [2.75, 3.05) is 18.0 Å². The number of benzene rings is 4. The Morgan fingerprint density at radius 3 is 2.20 bits per heavy atom. The van der Waals surface area contributed by atoms with Gasteiger partial charge in [-0.1, -0.05) is 85.3 Å². The molecule has 0 aliphatic rings. The van der Waals surface area contributed by atoms with Crippen LogP contribution < -0.4 is 14.4 Å². The molecule has 0 unspecified atom stereocenters. The van der Waals surface area contributed by atoms with Crippen molar-refractivity contribution in [3.05, 3.63) is 125 Å². The predicted octanol–water partition coefficient (Wildman–Crippen LogP) is 6.41. The maximum absolute atomic E-state index is 14.6. The molecule has 4 aromatic rings. The molecule has 4 aromatic carbocycles. The second-order valence-electron chi connectivity index (χ2n) is 11.2. The fraction of sp³-hybridized carbons (Fsp3) is 0.278. The molecule has 0 bridgehead atoms. The largest absolute Gasteiger partial charge is 0.497 e. The molecular weight excluding hydrogens is 622 g/mol. The Hall–Kier alpha value is -4.34. The maximum Gasteiger partial charge on any atom is 0.264 e. The number of rotatable bonds is 14. The van der Waals surface area contributed by atoms with Gasteiger partial charge in [0.2, 0.25) is 11.8 Å². The summed E-state index contributed by atoms with van der Waals surface area (Å²) in [4.78, 5) is 30.1. The zero-order valence-corrected chi connectivity index (χ0v) is 28.1. The molecule has 242 valence electrons. The first-order chi connectivity index (χ1) is 22.0. The molecule has 0 spiro atoms. The van der Waals surface area contributed by atoms with Gasteiger partial charge in [0, 0.05) is 24.0 Å². The number of nitrogens with zero attached hydrogens (tertiary/aromatic N) is 2. The van der Waals surface area contributed by atoms with Gasteiger partial charge in [-0.05, 0) is 73.4 Å². The molecule has 2 atom stereocenters. The van der Waals surface area contributed by atoms with Crippen LogP contribution in [0.1, 0.15) is 37.0 Å². The number of carbonyl (C=O) groups is 2. The number of methoxy groups -OCH3 is 1. The van der Waals surface area contributed by atoms with Gasteiger partial charge in [0.25, 0.3) is 10.0 Å². The van der Waals surface area contributed by atoms with Crippen LogP contribution in [-0.4, -0.2) is 50.9 Å². The minimum atomic E-state index is -4.23. The predicted molar refractivity (Wildman–Crippen MR) is 183 cm³/mol. The Morgan fingerprint density at radius 1 is 0.891 bits per heavy atom. The number of hydrogen-bond donors (Lipinski definition) is 1. The highest BCUT2D eigenvalue weighted by Crippen LogP contribution is 2.30. The number of hydrogen-bond acceptors (Lipinski definition) is 5. The van der Waals surface area contributed by atoms with Gasteiger partial charge in [0.05, 0.1) is 17.7 Å². The Labute approximate surface area is 277 Å². The molecule has 8 nitrogen and oxygen atoms in total. The van der Waals surface area contributed by atoms with Crippen molar-refractivity contribution in [3.63, 3.8) is 0 Å². The SMILES string of the molecule is CC[C@@H](C)NC(=O)[C@@H](Cc1ccccc1)N(Cc1cccc(OC)c1)C(=O)CN(c1cc(Cl)ccc1C)S(=O)(=O)c1ccccc1. The molecule has 2 amide bonds. The molecule has 0 heterocycles. The summed E-state index contributed by atoms with van der Waals surface area (Å²) in [6, 6.07) is 28.5. The molecule has 0 radical (unpaired) electrons. The van der Waals surface area contributed by atoms with Crippen LogP contribution in [0.15, 0.2) is 108 Å². The van der Waals surface area contributed by atoms with Crippen molar-refractivity contribution in [1.29, 1.82) is 0 Å². The lowest BCUT2D eigenvalue weighted by Crippen LogP contribution is -2.54. The third-order valence-corrected chi connectivity index (χ3v) is 9.82. The third-order valence-electron chi connectivity index (χ3n) is 7.81. The van der Waals surface area contributed by atoms with Crippen LogP contribution in [0.5, 0.6) is 5.75 Å². The van der Waals surface area contributed by atoms with Crippen molar-refractivity contribution in [1.82, 2.24) is 10.2 Å². The monoisotopic (exact) mass is 661 g/mol. The van der Waals surface area contributed by atoms with Crippen LogP contribution in [0.4, 0.5) is 5.69 Å². The molecule has 0 aliphatic carbocycles. The highest BCUT2D eigenvalue weighted by atomic mass is 35.5. The first-order valence-electron chi connectivity index (χ1n) is 15.1. The van der Waals surface area contributed by atoms with E-state index in [0.29, 0.717) is 22.8 Å². The number of nitrogens with one attached hydrogen (secondary N) is 1. The van der Waals surface area contributed by atoms with E-state index in [2.05, 4.69) is 5.32 Å². The fourth-order valence-corrected chi connectivity index (χ4v) is 6.70. The van der Waals surface area contributed by atoms with Crippen molar-refractivity contribution in [2.24, 2.45) is 0 Å². The molecule has 46 heavy (non-hydrogen) atoms. The first-order valence-corrected chi connectivity index (χ1v) is 17.0. The lowest BCUT2D eigenvalue weighted by molar-refractivity contribution is -0.140. The summed E-state index contributed by atoms with van der Waals surface area (Å²) in [6.45, 7) is 5.10. The van der Waals surface area contributed by atoms with E-state index in [9.17, 15) is 18.0 Å². The van der Waals surface area contributed by atoms with Crippen LogP contribution in [-0.2, 0) is 32.6 Å². The van der Waals surface area contributed by atoms with Gasteiger partial charge in [-0.3, -0.25) is 13.9 Å². The Bertz CT molecular complexity index is 1740. The lowest BCUT2D eigenvalue weighted by atomic mass is 10.0. The molecule has 0 fully saturated rings. The quantitative estimate of drug-likeness (QED) is 0.169. The van der Waals surface area contributed by atoms with Gasteiger partial charge in [-0.2, -0.15) is 0 Å². The average Bonchev–Trinajstić information content (AvgIpc) is 3.07. The zero-order valence-electron chi connectivity index (χ0n) is 26.5. The zero-order chi connectivity index (χ0) is 33.3. The highest BCUT2D eigenvalue weighted by Gasteiger charge is 2.35. The summed E-state index contributed by atoms with van der Waals surface area (Å²) >= 11 is 6.35. The maximum atomic E-state index is 14.6. The highest BCUT2D eigenvalue weighted by molar-refractivity contribution is 7.92. The van der Waals surface area contributed by atoms with E-state index < -0.39 is 28.5 Å². The smallest absolute Gasteiger partial charge is 0.264 e. The van der Waals surface area contributed by atoms with E-state index in [0.717, 1.165) is 15.4 Å². The molecular formula is C36H40ClN3O5S. The van der Waals surface area contributed by atoms with Crippen molar-refractivity contribution >= 4 is 39.1 Å². The van der Waals surface area contributed by atoms with Gasteiger partial charge in [0.1, 0.15) is 18.3 Å². The van der Waals surface area contributed by atoms with Crippen molar-refractivity contribution < 1.29 is 22.7 Å². The molecule has 0 saturated carbocycles. The summed E-state index contributed by atoms with van der Waals surface area (Å²) in [5.41, 5.74) is 2.47. The Balaban J connectivity index is 1.84. The molecule has 1 N–H and O–H groups in total. The van der Waals surface area contributed by atoms with E-state index in [-0.39, 0.29) is 35.5 Å². The standard InChI is InChI=1S/C36H40ClN3O5S/c1-5-27(3)38-36(42)34(22-28-13-8-6-9-14-28)39(24-29-15-12-16-31(21-29)45-4)35(41)25-40(33-23-30(37)20-19-26(33)2)46(43,44)32-17-10-7-11-18-32/h6-21,23,27,34H,5,22,24-25H2,1-4H3,(H,38,42)/t27-,34-/m1/s1. The number of sulfonamides is 1. The minimum Gasteiger partial charge on any atom is -0.497 e. The van der Waals surface area contributed by atoms with E-state index in [1.165, 1.54) is 23.1 Å². The average molecular weight is 662 g/mol. The summed E-state index contributed by atoms with van der Waals surface area (Å²) in [5, 5.41) is 3.37. The fourth-order valence-electron chi connectivity index (χ4n) is 5.05. The molecule has 0 saturated heterocycles. The Kier molecular flexibility index (Phi) is 11.8. The summed E-state index contributed by atoms with van der Waals surface area (Å²) in [7, 11) is -2.67. The van der Waals surface area contributed by atoms with E-state index in [1.54, 1.807) is 56.5 Å². The van der Waals surface area contributed by atoms with E-state index in [4.69, 9.17) is 16.3 Å². The third kappa shape index (κ3) is 8.68. The minimum absolute atomic E-state index is 0.0249. The van der Waals surface area contributed by atoms with Gasteiger partial charge in [-0.15, -0.1) is 0 Å². The van der Waals surface area contributed by atoms with E-state index >= 15 is 0 Å². The number of carbonyl (C=O) groups excluding carboxylic acids is 2. The summed E-state index contributed by atoms with van der Waals surface area (Å²) < 4.78 is 34.9. The van der Waals surface area contributed by atoms with Gasteiger partial charge < -0.3 is 15.0 Å². The number of anilines is 1. The van der Waals surface area contributed by atoms with Crippen LogP contribution >= 0.6 is 11.6 Å². The second kappa shape index (κ2) is 15.8. The Morgan fingerprint density at radius 2 is 1.54 bits per heavy atom. The van der Waals surface area contributed by atoms with Gasteiger partial charge in [-0.25, -0.2) is 8.42 Å². The van der Waals surface area contributed by atoms with Crippen LogP contribution in [0.2, 0.25) is 5.02 Å². The molecule has 0 aromatic heterocycles. The summed E-state index contributed by atoms with van der Waals surface area (Å²) in [6.07, 6.45) is 0.922. The molecule has 4 rings (SSSR count). The van der Waals surface area contributed by atoms with Crippen molar-refractivity contribution in [3.8, 4) is 5.75 Å². The van der Waals surface area contributed by atoms with Gasteiger partial charge >= 0.3 is 0 Å². The summed E-state index contributed by atoms with van der Waals surface area (Å²) in [5.74, 6) is -0.288. The van der Waals surface area contributed by atoms with E-state index in [1.807, 2.05) is 56.3 Å². The lowest BCUT2D eigenvalue weighted by Gasteiger charge is -2.34. The van der Waals surface area contributed by atoms with Gasteiger partial charge in [0.15, 0.2) is 0 Å². The second-order valence-corrected chi connectivity index (χ2v) is 13.5. The topological polar surface area (TPSA) is 96.0 Å². The molecule has 0 aliphatic heterocycles. The first kappa shape index (κ1) is 34.5. The van der Waals surface area contributed by atoms with Crippen LogP contribution in [0.25, 0.3) is 0 Å². The molecule has 10 heteroatoms. The number of ether oxygens (including phenoxy) is 1. The number of amides is 2. The number of aryl methyl sites for hydroxylation is 1. The van der Waals surface area contributed by atoms with Crippen molar-refractivity contribution in [2.45, 2.75) is 57.1 Å².